The van der Waals surface area contributed by atoms with Gasteiger partial charge in [-0.25, -0.2) is 9.78 Å². The van der Waals surface area contributed by atoms with Gasteiger partial charge in [-0.3, -0.25) is 5.32 Å². The van der Waals surface area contributed by atoms with Crippen molar-refractivity contribution >= 4 is 40.9 Å². The summed E-state index contributed by atoms with van der Waals surface area (Å²) in [5, 5.41) is 2.82. The van der Waals surface area contributed by atoms with Crippen molar-refractivity contribution in [2.45, 2.75) is 19.6 Å². The van der Waals surface area contributed by atoms with Crippen molar-refractivity contribution in [3.63, 3.8) is 0 Å². The Kier molecular flexibility index (Phi) is 5.39. The van der Waals surface area contributed by atoms with Crippen LogP contribution in [0.1, 0.15) is 19.4 Å². The van der Waals surface area contributed by atoms with E-state index in [-0.39, 0.29) is 34.5 Å². The normalized spacial score (nSPS) is 21.4. The van der Waals surface area contributed by atoms with Gasteiger partial charge in [-0.15, -0.1) is 0 Å². The lowest BCUT2D eigenvalue weighted by Crippen LogP contribution is -2.52. The summed E-state index contributed by atoms with van der Waals surface area (Å²) >= 11 is 18.2. The van der Waals surface area contributed by atoms with Crippen LogP contribution in [0.4, 0.5) is 4.79 Å². The molecule has 0 aliphatic carbocycles. The second kappa shape index (κ2) is 6.91. The number of nitrogens with zero attached hydrogens (tertiary/aromatic N) is 1. The quantitative estimate of drug-likeness (QED) is 0.802. The van der Waals surface area contributed by atoms with Gasteiger partial charge < -0.3 is 14.2 Å². The first-order chi connectivity index (χ1) is 10.4. The molecular formula is C13H13Cl3N2O4. The number of nitrogens with one attached hydrogen (secondary N) is 1. The Morgan fingerprint density at radius 1 is 1.23 bits per heavy atom. The third-order valence-electron chi connectivity index (χ3n) is 2.76. The Bertz CT molecular complexity index is 603. The smallest absolute Gasteiger partial charge is 0.417 e. The van der Waals surface area contributed by atoms with Crippen LogP contribution in [0.3, 0.4) is 0 Å². The van der Waals surface area contributed by atoms with Gasteiger partial charge in [-0.05, 0) is 26.0 Å². The molecule has 2 heterocycles. The highest BCUT2D eigenvalue weighted by Crippen LogP contribution is 2.40. The maximum atomic E-state index is 11.9. The molecule has 9 heteroatoms. The largest absolute Gasteiger partial charge is 0.464 e. The van der Waals surface area contributed by atoms with E-state index >= 15 is 0 Å². The van der Waals surface area contributed by atoms with Gasteiger partial charge in [0.05, 0.1) is 6.61 Å². The Labute approximate surface area is 142 Å². The molecule has 2 rings (SSSR count). The molecular weight excluding hydrogens is 355 g/mol. The summed E-state index contributed by atoms with van der Waals surface area (Å²) < 4.78 is 15.9. The minimum Gasteiger partial charge on any atom is -0.464 e. The molecule has 0 spiro atoms. The number of alkyl carbamates (subject to hydrolysis) is 1. The Hall–Kier alpha value is -1.21. The van der Waals surface area contributed by atoms with E-state index in [0.29, 0.717) is 5.56 Å². The molecule has 0 fully saturated rings. The van der Waals surface area contributed by atoms with Crippen molar-refractivity contribution in [2.75, 3.05) is 13.2 Å². The van der Waals surface area contributed by atoms with E-state index < -0.39 is 11.8 Å². The van der Waals surface area contributed by atoms with Gasteiger partial charge in [0.2, 0.25) is 5.72 Å². The fraction of sp³-hybridized carbons (Fsp3) is 0.385. The van der Waals surface area contributed by atoms with E-state index in [1.807, 2.05) is 0 Å². The fourth-order valence-electron chi connectivity index (χ4n) is 1.99. The van der Waals surface area contributed by atoms with Gasteiger partial charge in [0.15, 0.2) is 5.03 Å². The van der Waals surface area contributed by atoms with E-state index in [0.717, 1.165) is 0 Å². The summed E-state index contributed by atoms with van der Waals surface area (Å²) in [4.78, 5) is 15.7. The third kappa shape index (κ3) is 3.25. The van der Waals surface area contributed by atoms with Crippen LogP contribution in [-0.2, 0) is 19.9 Å². The number of carbonyl (C=O) groups is 1. The summed E-state index contributed by atoms with van der Waals surface area (Å²) in [5.41, 5.74) is -1.11. The number of cyclic esters (lactones) is 1. The van der Waals surface area contributed by atoms with Crippen molar-refractivity contribution in [1.29, 1.82) is 0 Å². The van der Waals surface area contributed by atoms with Gasteiger partial charge in [0.1, 0.15) is 10.3 Å². The predicted molar refractivity (Wildman–Crippen MR) is 81.7 cm³/mol. The van der Waals surface area contributed by atoms with E-state index in [4.69, 9.17) is 49.0 Å². The number of rotatable bonds is 5. The molecule has 6 nitrogen and oxygen atoms in total. The first-order valence-corrected chi connectivity index (χ1v) is 7.56. The molecule has 1 aromatic rings. The molecule has 0 saturated carbocycles. The highest BCUT2D eigenvalue weighted by atomic mass is 35.5. The molecule has 1 aliphatic heterocycles. The Morgan fingerprint density at radius 2 is 1.86 bits per heavy atom. The van der Waals surface area contributed by atoms with Crippen LogP contribution in [0.25, 0.3) is 0 Å². The van der Waals surface area contributed by atoms with Crippen LogP contribution in [0.2, 0.25) is 10.3 Å². The van der Waals surface area contributed by atoms with Gasteiger partial charge in [-0.1, -0.05) is 34.8 Å². The molecule has 120 valence electrons. The third-order valence-corrected chi connectivity index (χ3v) is 3.57. The number of carbonyl (C=O) groups excluding carboxylic acids is 1. The minimum absolute atomic E-state index is 0.0223. The van der Waals surface area contributed by atoms with Crippen LogP contribution < -0.4 is 5.32 Å². The fourth-order valence-corrected chi connectivity index (χ4v) is 2.75. The zero-order valence-corrected chi connectivity index (χ0v) is 14.1. The van der Waals surface area contributed by atoms with Crippen LogP contribution in [0.15, 0.2) is 23.1 Å². The van der Waals surface area contributed by atoms with Gasteiger partial charge in [-0.2, -0.15) is 0 Å². The first-order valence-electron chi connectivity index (χ1n) is 6.43. The molecule has 1 aliphatic rings. The molecule has 1 atom stereocenters. The zero-order chi connectivity index (χ0) is 16.3. The monoisotopic (exact) mass is 366 g/mol. The Morgan fingerprint density at radius 3 is 2.41 bits per heavy atom. The number of halogens is 3. The summed E-state index contributed by atoms with van der Waals surface area (Å²) in [6.45, 7) is 3.99. The van der Waals surface area contributed by atoms with Crippen molar-refractivity contribution in [1.82, 2.24) is 10.3 Å². The molecule has 0 aromatic carbocycles. The van der Waals surface area contributed by atoms with Crippen LogP contribution >= 0.6 is 34.8 Å². The summed E-state index contributed by atoms with van der Waals surface area (Å²) in [7, 11) is 0. The van der Waals surface area contributed by atoms with Crippen molar-refractivity contribution < 1.29 is 19.0 Å². The molecule has 1 amide bonds. The van der Waals surface area contributed by atoms with Gasteiger partial charge >= 0.3 is 12.0 Å². The maximum absolute atomic E-state index is 11.9. The van der Waals surface area contributed by atoms with Crippen LogP contribution in [0.5, 0.6) is 0 Å². The molecule has 1 aromatic heterocycles. The van der Waals surface area contributed by atoms with E-state index in [1.54, 1.807) is 13.8 Å². The van der Waals surface area contributed by atoms with Crippen molar-refractivity contribution in [3.8, 4) is 0 Å². The minimum atomic E-state index is -1.51. The zero-order valence-electron chi connectivity index (χ0n) is 11.8. The molecule has 0 bridgehead atoms. The highest BCUT2D eigenvalue weighted by molar-refractivity contribution is 6.33. The lowest BCUT2D eigenvalue weighted by Gasteiger charge is -2.37. The van der Waals surface area contributed by atoms with Gasteiger partial charge in [0.25, 0.3) is 0 Å². The average molecular weight is 368 g/mol. The maximum Gasteiger partial charge on any atom is 0.417 e. The number of hydrogen-bond acceptors (Lipinski definition) is 5. The average Bonchev–Trinajstić information content (AvgIpc) is 2.43. The molecule has 1 N–H and O–H groups in total. The molecule has 0 radical (unpaired) electrons. The number of ether oxygens (including phenoxy) is 3. The van der Waals surface area contributed by atoms with Crippen molar-refractivity contribution in [2.24, 2.45) is 0 Å². The van der Waals surface area contributed by atoms with Crippen LogP contribution in [0, 0.1) is 0 Å². The Balaban J connectivity index is 2.64. The van der Waals surface area contributed by atoms with Gasteiger partial charge in [0, 0.05) is 12.2 Å². The second-order valence-electron chi connectivity index (χ2n) is 4.16. The summed E-state index contributed by atoms with van der Waals surface area (Å²) in [6, 6.07) is 2.97. The lowest BCUT2D eigenvalue weighted by molar-refractivity contribution is -0.0597. The standard InChI is InChI=1S/C13H13Cl3N2O4/c1-3-20-11-10(16)13(21-4-2,18-12(19)22-11)7-5-8(14)17-9(15)6-7/h5-6H,3-4H2,1-2H3,(H,18,19). The van der Waals surface area contributed by atoms with E-state index in [2.05, 4.69) is 10.3 Å². The molecule has 1 unspecified atom stereocenters. The van der Waals surface area contributed by atoms with E-state index in [1.165, 1.54) is 12.1 Å². The number of aromatic nitrogens is 1. The predicted octanol–water partition coefficient (Wildman–Crippen LogP) is 3.76. The second-order valence-corrected chi connectivity index (χ2v) is 5.32. The summed E-state index contributed by atoms with van der Waals surface area (Å²) in [5.74, 6) is -0.134. The number of amides is 1. The van der Waals surface area contributed by atoms with Crippen LogP contribution in [-0.4, -0.2) is 24.3 Å². The van der Waals surface area contributed by atoms with E-state index in [9.17, 15) is 4.79 Å². The number of pyridine rings is 1. The van der Waals surface area contributed by atoms with Crippen molar-refractivity contribution in [3.05, 3.63) is 39.0 Å². The number of hydrogen-bond donors (Lipinski definition) is 1. The molecule has 0 saturated heterocycles. The first kappa shape index (κ1) is 17.1. The summed E-state index contributed by atoms with van der Waals surface area (Å²) in [6.07, 6.45) is -0.773. The lowest BCUT2D eigenvalue weighted by atomic mass is 10.0. The molecule has 22 heavy (non-hydrogen) atoms. The topological polar surface area (TPSA) is 69.7 Å². The SMILES string of the molecule is CCOC1=C(Cl)C(OCC)(c2cc(Cl)nc(Cl)c2)NC(=O)O1. The highest BCUT2D eigenvalue weighted by Gasteiger charge is 2.46.